The molecule has 2 aliphatic rings. The van der Waals surface area contributed by atoms with Crippen molar-refractivity contribution in [3.05, 3.63) is 41.5 Å². The van der Waals surface area contributed by atoms with E-state index in [-0.39, 0.29) is 5.91 Å². The monoisotopic (exact) mass is 333 g/mol. The summed E-state index contributed by atoms with van der Waals surface area (Å²) in [6.07, 6.45) is 7.01. The molecule has 0 unspecified atom stereocenters. The lowest BCUT2D eigenvalue weighted by atomic mass is 9.63. The fourth-order valence-corrected chi connectivity index (χ4v) is 4.07. The third-order valence-electron chi connectivity index (χ3n) is 5.17. The minimum Gasteiger partial charge on any atom is -0.338 e. The Bertz CT molecular complexity index is 743. The van der Waals surface area contributed by atoms with Crippen molar-refractivity contribution in [2.24, 2.45) is 0 Å². The summed E-state index contributed by atoms with van der Waals surface area (Å²) >= 11 is 0. The van der Waals surface area contributed by atoms with Crippen molar-refractivity contribution >= 4 is 15.7 Å². The van der Waals surface area contributed by atoms with Crippen molar-refractivity contribution in [1.29, 1.82) is 0 Å². The van der Waals surface area contributed by atoms with Crippen LogP contribution in [0.1, 0.15) is 38.2 Å². The van der Waals surface area contributed by atoms with Crippen LogP contribution in [0.15, 0.2) is 40.8 Å². The lowest BCUT2D eigenvalue weighted by Gasteiger charge is -2.44. The Labute approximate surface area is 138 Å². The van der Waals surface area contributed by atoms with Gasteiger partial charge in [-0.2, -0.15) is 0 Å². The zero-order valence-corrected chi connectivity index (χ0v) is 14.5. The molecule has 1 heterocycles. The molecule has 0 atom stereocenters. The fourth-order valence-electron chi connectivity index (χ4n) is 3.44. The van der Waals surface area contributed by atoms with Gasteiger partial charge >= 0.3 is 0 Å². The molecular weight excluding hydrogens is 310 g/mol. The van der Waals surface area contributed by atoms with Crippen molar-refractivity contribution < 1.29 is 13.2 Å². The van der Waals surface area contributed by atoms with Gasteiger partial charge < -0.3 is 4.90 Å². The molecule has 5 heteroatoms. The standard InChI is InChI=1S/C18H23NO3S/c1-14-8-12-19(13-9-14)17(20)18(10-3-11-18)15-4-6-16(7-5-15)23(2,21)22/h4-8H,3,9-13H2,1-2H3. The first-order valence-corrected chi connectivity index (χ1v) is 9.98. The quantitative estimate of drug-likeness (QED) is 0.799. The van der Waals surface area contributed by atoms with Gasteiger partial charge in [-0.1, -0.05) is 30.2 Å². The third-order valence-corrected chi connectivity index (χ3v) is 6.30. The van der Waals surface area contributed by atoms with Gasteiger partial charge in [0.2, 0.25) is 5.91 Å². The lowest BCUT2D eigenvalue weighted by Crippen LogP contribution is -2.52. The highest BCUT2D eigenvalue weighted by atomic mass is 32.2. The van der Waals surface area contributed by atoms with Crippen LogP contribution in [0, 0.1) is 0 Å². The molecule has 0 saturated heterocycles. The Kier molecular flexibility index (Phi) is 4.08. The van der Waals surface area contributed by atoms with Crippen LogP contribution in [0.3, 0.4) is 0 Å². The minimum atomic E-state index is -3.20. The van der Waals surface area contributed by atoms with Crippen LogP contribution < -0.4 is 0 Å². The first kappa shape index (κ1) is 16.2. The van der Waals surface area contributed by atoms with Crippen molar-refractivity contribution in [3.8, 4) is 0 Å². The van der Waals surface area contributed by atoms with E-state index in [0.717, 1.165) is 37.8 Å². The molecule has 1 aliphatic carbocycles. The summed E-state index contributed by atoms with van der Waals surface area (Å²) < 4.78 is 23.2. The molecule has 1 aromatic rings. The number of carbonyl (C=O) groups is 1. The molecule has 23 heavy (non-hydrogen) atoms. The van der Waals surface area contributed by atoms with Crippen LogP contribution in [-0.2, 0) is 20.0 Å². The molecule has 1 aliphatic heterocycles. The first-order chi connectivity index (χ1) is 10.8. The highest BCUT2D eigenvalue weighted by molar-refractivity contribution is 7.90. The molecule has 0 spiro atoms. The number of hydrogen-bond acceptors (Lipinski definition) is 3. The summed E-state index contributed by atoms with van der Waals surface area (Å²) in [6.45, 7) is 3.57. The molecule has 3 rings (SSSR count). The van der Waals surface area contributed by atoms with Crippen molar-refractivity contribution in [2.45, 2.75) is 42.9 Å². The van der Waals surface area contributed by atoms with E-state index in [1.54, 1.807) is 12.1 Å². The zero-order chi connectivity index (χ0) is 16.7. The average Bonchev–Trinajstić information content (AvgIpc) is 2.46. The van der Waals surface area contributed by atoms with Crippen LogP contribution in [0.4, 0.5) is 0 Å². The Morgan fingerprint density at radius 3 is 2.26 bits per heavy atom. The Morgan fingerprint density at radius 1 is 1.17 bits per heavy atom. The Morgan fingerprint density at radius 2 is 1.83 bits per heavy atom. The number of carbonyl (C=O) groups excluding carboxylic acids is 1. The summed E-state index contributed by atoms with van der Waals surface area (Å²) in [6, 6.07) is 6.88. The predicted molar refractivity (Wildman–Crippen MR) is 90.0 cm³/mol. The van der Waals surface area contributed by atoms with Gasteiger partial charge in [0.15, 0.2) is 9.84 Å². The molecule has 0 N–H and O–H groups in total. The normalized spacial score (nSPS) is 20.6. The van der Waals surface area contributed by atoms with Crippen LogP contribution in [0.25, 0.3) is 0 Å². The molecular formula is C18H23NO3S. The maximum absolute atomic E-state index is 13.1. The number of sulfone groups is 1. The van der Waals surface area contributed by atoms with Crippen molar-refractivity contribution in [3.63, 3.8) is 0 Å². The van der Waals surface area contributed by atoms with E-state index < -0.39 is 15.3 Å². The van der Waals surface area contributed by atoms with Crippen molar-refractivity contribution in [1.82, 2.24) is 4.90 Å². The van der Waals surface area contributed by atoms with E-state index in [9.17, 15) is 13.2 Å². The van der Waals surface area contributed by atoms with E-state index in [2.05, 4.69) is 13.0 Å². The molecule has 4 nitrogen and oxygen atoms in total. The van der Waals surface area contributed by atoms with E-state index >= 15 is 0 Å². The minimum absolute atomic E-state index is 0.194. The summed E-state index contributed by atoms with van der Waals surface area (Å²) in [7, 11) is -3.20. The van der Waals surface area contributed by atoms with E-state index in [1.165, 1.54) is 11.8 Å². The summed E-state index contributed by atoms with van der Waals surface area (Å²) in [5, 5.41) is 0. The second kappa shape index (κ2) is 5.78. The summed E-state index contributed by atoms with van der Waals surface area (Å²) in [5.41, 5.74) is 1.84. The smallest absolute Gasteiger partial charge is 0.233 e. The third kappa shape index (κ3) is 2.94. The predicted octanol–water partition coefficient (Wildman–Crippen LogP) is 2.69. The molecule has 124 valence electrons. The van der Waals surface area contributed by atoms with E-state index in [1.807, 2.05) is 17.0 Å². The second-order valence-corrected chi connectivity index (χ2v) is 8.80. The summed E-state index contributed by atoms with van der Waals surface area (Å²) in [4.78, 5) is 15.3. The van der Waals surface area contributed by atoms with Gasteiger partial charge in [0.05, 0.1) is 10.3 Å². The molecule has 0 bridgehead atoms. The number of benzene rings is 1. The fraction of sp³-hybridized carbons (Fsp3) is 0.500. The number of hydrogen-bond donors (Lipinski definition) is 0. The van der Waals surface area contributed by atoms with Gasteiger partial charge in [0.1, 0.15) is 0 Å². The van der Waals surface area contributed by atoms with Gasteiger partial charge in [0, 0.05) is 19.3 Å². The van der Waals surface area contributed by atoms with Crippen LogP contribution >= 0.6 is 0 Å². The maximum atomic E-state index is 13.1. The number of nitrogens with zero attached hydrogens (tertiary/aromatic N) is 1. The van der Waals surface area contributed by atoms with Gasteiger partial charge in [-0.3, -0.25) is 4.79 Å². The topological polar surface area (TPSA) is 54.5 Å². The SMILES string of the molecule is CC1=CCN(C(=O)C2(c3ccc(S(C)(=O)=O)cc3)CCC2)CC1. The largest absolute Gasteiger partial charge is 0.338 e. The number of amides is 1. The zero-order valence-electron chi connectivity index (χ0n) is 13.7. The van der Waals surface area contributed by atoms with Gasteiger partial charge in [-0.05, 0) is 43.9 Å². The van der Waals surface area contributed by atoms with Gasteiger partial charge in [-0.15, -0.1) is 0 Å². The highest BCUT2D eigenvalue weighted by Crippen LogP contribution is 2.45. The molecule has 0 aromatic heterocycles. The van der Waals surface area contributed by atoms with Gasteiger partial charge in [-0.25, -0.2) is 8.42 Å². The van der Waals surface area contributed by atoms with Crippen LogP contribution in [0.2, 0.25) is 0 Å². The highest BCUT2D eigenvalue weighted by Gasteiger charge is 2.47. The molecule has 0 radical (unpaired) electrons. The van der Waals surface area contributed by atoms with E-state index in [4.69, 9.17) is 0 Å². The molecule has 1 fully saturated rings. The second-order valence-electron chi connectivity index (χ2n) is 6.78. The van der Waals surface area contributed by atoms with Crippen LogP contribution in [-0.4, -0.2) is 38.6 Å². The Hall–Kier alpha value is -1.62. The number of rotatable bonds is 3. The molecule has 1 amide bonds. The van der Waals surface area contributed by atoms with Gasteiger partial charge in [0.25, 0.3) is 0 Å². The van der Waals surface area contributed by atoms with E-state index in [0.29, 0.717) is 11.4 Å². The molecule has 1 saturated carbocycles. The Balaban J connectivity index is 1.87. The summed E-state index contributed by atoms with van der Waals surface area (Å²) in [5.74, 6) is 0.194. The average molecular weight is 333 g/mol. The lowest BCUT2D eigenvalue weighted by molar-refractivity contribution is -0.140. The van der Waals surface area contributed by atoms with Crippen molar-refractivity contribution in [2.75, 3.05) is 19.3 Å². The molecule has 1 aromatic carbocycles. The first-order valence-electron chi connectivity index (χ1n) is 8.08. The maximum Gasteiger partial charge on any atom is 0.233 e. The van der Waals surface area contributed by atoms with Crippen LogP contribution in [0.5, 0.6) is 0 Å².